The highest BCUT2D eigenvalue weighted by atomic mass is 16.5. The van der Waals surface area contributed by atoms with Gasteiger partial charge in [0.25, 0.3) is 0 Å². The molecule has 3 aromatic rings. The Balaban J connectivity index is 1.59. The fraction of sp³-hybridized carbons (Fsp3) is 0.357. The number of aliphatic hydroxyl groups excluding tert-OH is 1. The third kappa shape index (κ3) is 9.16. The van der Waals surface area contributed by atoms with Crippen molar-refractivity contribution < 1.29 is 19.3 Å². The molecule has 0 aromatic heterocycles. The maximum atomic E-state index is 10.1. The Morgan fingerprint density at radius 2 is 1.48 bits per heavy atom. The topological polar surface area (TPSA) is 60.0 Å². The molecule has 176 valence electrons. The molecule has 0 amide bonds. The van der Waals surface area contributed by atoms with Gasteiger partial charge in [-0.05, 0) is 36.1 Å². The van der Waals surface area contributed by atoms with E-state index in [1.54, 1.807) is 0 Å². The van der Waals surface area contributed by atoms with E-state index in [-0.39, 0.29) is 6.61 Å². The van der Waals surface area contributed by atoms with Crippen LogP contribution in [-0.4, -0.2) is 37.0 Å². The minimum atomic E-state index is -0.586. The van der Waals surface area contributed by atoms with Gasteiger partial charge in [0, 0.05) is 18.7 Å². The largest absolute Gasteiger partial charge is 0.491 e. The number of benzene rings is 3. The van der Waals surface area contributed by atoms with Crippen molar-refractivity contribution in [1.29, 1.82) is 0 Å². The van der Waals surface area contributed by atoms with Gasteiger partial charge in [-0.3, -0.25) is 0 Å². The lowest BCUT2D eigenvalue weighted by Gasteiger charge is -2.17. The molecular weight excluding hydrogens is 414 g/mol. The van der Waals surface area contributed by atoms with Crippen LogP contribution in [0.15, 0.2) is 78.9 Å². The summed E-state index contributed by atoms with van der Waals surface area (Å²) in [6.45, 7) is 5.81. The molecule has 5 heteroatoms. The quantitative estimate of drug-likeness (QED) is 0.339. The van der Waals surface area contributed by atoms with Gasteiger partial charge < -0.3 is 24.6 Å². The zero-order chi connectivity index (χ0) is 23.3. The van der Waals surface area contributed by atoms with Crippen molar-refractivity contribution in [2.75, 3.05) is 19.8 Å². The summed E-state index contributed by atoms with van der Waals surface area (Å²) < 4.78 is 17.9. The lowest BCUT2D eigenvalue weighted by Crippen LogP contribution is -2.35. The Bertz CT molecular complexity index is 931. The number of hydrogen-bond donors (Lipinski definition) is 2. The minimum Gasteiger partial charge on any atom is -0.491 e. The first-order chi connectivity index (χ1) is 16.1. The highest BCUT2D eigenvalue weighted by Gasteiger charge is 2.11. The summed E-state index contributed by atoms with van der Waals surface area (Å²) in [6, 6.07) is 26.3. The van der Waals surface area contributed by atoms with Crippen molar-refractivity contribution in [3.8, 4) is 17.2 Å². The average molecular weight is 450 g/mol. The van der Waals surface area contributed by atoms with Gasteiger partial charge in [-0.25, -0.2) is 0 Å². The molecule has 1 atom stereocenters. The Labute approximate surface area is 197 Å². The second-order valence-corrected chi connectivity index (χ2v) is 8.35. The number of hydrogen-bond acceptors (Lipinski definition) is 5. The summed E-state index contributed by atoms with van der Waals surface area (Å²) in [5.74, 6) is 1.96. The lowest BCUT2D eigenvalue weighted by atomic mass is 10.1. The van der Waals surface area contributed by atoms with Crippen LogP contribution in [0.3, 0.4) is 0 Å². The van der Waals surface area contributed by atoms with Crippen molar-refractivity contribution in [3.63, 3.8) is 0 Å². The molecule has 0 saturated heterocycles. The first-order valence-corrected chi connectivity index (χ1v) is 11.6. The van der Waals surface area contributed by atoms with E-state index in [4.69, 9.17) is 14.2 Å². The van der Waals surface area contributed by atoms with Gasteiger partial charge in [0.15, 0.2) is 11.5 Å². The van der Waals surface area contributed by atoms with E-state index in [0.717, 1.165) is 18.4 Å². The lowest BCUT2D eigenvalue weighted by molar-refractivity contribution is 0.104. The van der Waals surface area contributed by atoms with E-state index in [9.17, 15) is 5.11 Å². The number of aryl methyl sites for hydroxylation is 1. The summed E-state index contributed by atoms with van der Waals surface area (Å²) in [5.41, 5.74) is 2.39. The third-order valence-corrected chi connectivity index (χ3v) is 5.07. The minimum absolute atomic E-state index is 0.206. The first-order valence-electron chi connectivity index (χ1n) is 11.6. The van der Waals surface area contributed by atoms with Crippen molar-refractivity contribution >= 4 is 0 Å². The molecule has 0 spiro atoms. The van der Waals surface area contributed by atoms with Gasteiger partial charge in [0.2, 0.25) is 0 Å². The normalized spacial score (nSPS) is 11.9. The van der Waals surface area contributed by atoms with Crippen LogP contribution < -0.4 is 19.5 Å². The molecule has 0 bridgehead atoms. The summed E-state index contributed by atoms with van der Waals surface area (Å²) in [6.07, 6.45) is 1.26. The Morgan fingerprint density at radius 1 is 0.788 bits per heavy atom. The number of rotatable bonds is 14. The van der Waals surface area contributed by atoms with E-state index in [1.165, 1.54) is 5.56 Å². The molecule has 0 saturated carbocycles. The van der Waals surface area contributed by atoms with Crippen LogP contribution in [0, 0.1) is 0 Å². The monoisotopic (exact) mass is 449 g/mol. The number of nitrogens with one attached hydrogen (secondary N) is 1. The molecule has 2 N–H and O–H groups in total. The van der Waals surface area contributed by atoms with Crippen LogP contribution in [0.4, 0.5) is 0 Å². The first kappa shape index (κ1) is 24.6. The van der Waals surface area contributed by atoms with E-state index in [1.807, 2.05) is 68.4 Å². The molecule has 0 heterocycles. The Kier molecular flexibility index (Phi) is 10.1. The zero-order valence-corrected chi connectivity index (χ0v) is 19.6. The highest BCUT2D eigenvalue weighted by Crippen LogP contribution is 2.32. The van der Waals surface area contributed by atoms with Crippen molar-refractivity contribution in [2.45, 2.75) is 45.4 Å². The average Bonchev–Trinajstić information content (AvgIpc) is 2.84. The Morgan fingerprint density at radius 3 is 2.18 bits per heavy atom. The molecule has 0 aliphatic heterocycles. The van der Waals surface area contributed by atoms with Crippen molar-refractivity contribution in [3.05, 3.63) is 90.0 Å². The smallest absolute Gasteiger partial charge is 0.164 e. The SMILES string of the molecule is CC(C)NC[C@@H](O)COc1ccc(OCc2ccccc2)c(OCCCc2ccccc2)c1. The van der Waals surface area contributed by atoms with Crippen molar-refractivity contribution in [1.82, 2.24) is 5.32 Å². The Hall–Kier alpha value is -3.02. The maximum absolute atomic E-state index is 10.1. The number of aliphatic hydroxyl groups is 1. The number of ether oxygens (including phenoxy) is 3. The summed E-state index contributed by atoms with van der Waals surface area (Å²) in [7, 11) is 0. The van der Waals surface area contributed by atoms with Crippen LogP contribution >= 0.6 is 0 Å². The molecule has 0 unspecified atom stereocenters. The van der Waals surface area contributed by atoms with Gasteiger partial charge in [-0.1, -0.05) is 74.5 Å². The van der Waals surface area contributed by atoms with E-state index < -0.39 is 6.10 Å². The fourth-order valence-electron chi connectivity index (χ4n) is 3.27. The second-order valence-electron chi connectivity index (χ2n) is 8.35. The van der Waals surface area contributed by atoms with Crippen LogP contribution in [0.1, 0.15) is 31.4 Å². The van der Waals surface area contributed by atoms with Gasteiger partial charge in [-0.15, -0.1) is 0 Å². The van der Waals surface area contributed by atoms with Crippen LogP contribution in [-0.2, 0) is 13.0 Å². The highest BCUT2D eigenvalue weighted by molar-refractivity contribution is 5.45. The van der Waals surface area contributed by atoms with E-state index in [2.05, 4.69) is 29.6 Å². The van der Waals surface area contributed by atoms with Crippen LogP contribution in [0.5, 0.6) is 17.2 Å². The molecule has 5 nitrogen and oxygen atoms in total. The zero-order valence-electron chi connectivity index (χ0n) is 19.6. The molecule has 0 aliphatic rings. The molecule has 0 radical (unpaired) electrons. The summed E-state index contributed by atoms with van der Waals surface area (Å²) in [4.78, 5) is 0. The standard InChI is InChI=1S/C28H35NO4/c1-22(2)29-19-25(30)21-32-26-15-16-27(33-20-24-12-7-4-8-13-24)28(18-26)31-17-9-14-23-10-5-3-6-11-23/h3-8,10-13,15-16,18,22,25,29-30H,9,14,17,19-21H2,1-2H3/t25-/m1/s1. The van der Waals surface area contributed by atoms with Gasteiger partial charge in [0.05, 0.1) is 6.61 Å². The maximum Gasteiger partial charge on any atom is 0.164 e. The molecule has 3 rings (SSSR count). The van der Waals surface area contributed by atoms with Crippen LogP contribution in [0.2, 0.25) is 0 Å². The predicted octanol–water partition coefficient (Wildman–Crippen LogP) is 5.01. The van der Waals surface area contributed by atoms with E-state index >= 15 is 0 Å². The molecule has 3 aromatic carbocycles. The molecule has 0 aliphatic carbocycles. The van der Waals surface area contributed by atoms with Gasteiger partial charge in [0.1, 0.15) is 25.1 Å². The molecular formula is C28H35NO4. The van der Waals surface area contributed by atoms with Crippen molar-refractivity contribution in [2.24, 2.45) is 0 Å². The fourth-order valence-corrected chi connectivity index (χ4v) is 3.27. The van der Waals surface area contributed by atoms with Gasteiger partial charge >= 0.3 is 0 Å². The summed E-state index contributed by atoms with van der Waals surface area (Å²) >= 11 is 0. The molecule has 0 fully saturated rings. The van der Waals surface area contributed by atoms with Crippen LogP contribution in [0.25, 0.3) is 0 Å². The second kappa shape index (κ2) is 13.5. The van der Waals surface area contributed by atoms with Gasteiger partial charge in [-0.2, -0.15) is 0 Å². The third-order valence-electron chi connectivity index (χ3n) is 5.07. The summed E-state index contributed by atoms with van der Waals surface area (Å²) in [5, 5.41) is 13.3. The van der Waals surface area contributed by atoms with E-state index in [0.29, 0.717) is 43.0 Å². The molecule has 33 heavy (non-hydrogen) atoms. The predicted molar refractivity (Wildman–Crippen MR) is 132 cm³/mol.